The molecule has 7 atom stereocenters. The van der Waals surface area contributed by atoms with E-state index in [1.165, 1.54) is 0 Å². The fraction of sp³-hybridized carbons (Fsp3) is 0.692. The Morgan fingerprint density at radius 3 is 2.50 bits per heavy atom. The van der Waals surface area contributed by atoms with E-state index in [4.69, 9.17) is 4.74 Å². The molecule has 4 rings (SSSR count). The molecule has 0 radical (unpaired) electrons. The minimum absolute atomic E-state index is 0.0273. The number of fused-ring (bicyclic) bond motifs is 1. The van der Waals surface area contributed by atoms with Gasteiger partial charge in [-0.15, -0.1) is 0 Å². The molecule has 6 nitrogen and oxygen atoms in total. The highest BCUT2D eigenvalue weighted by Crippen LogP contribution is 2.55. The van der Waals surface area contributed by atoms with Gasteiger partial charge in [-0.05, 0) is 61.0 Å². The first kappa shape index (κ1) is 23.2. The Kier molecular flexibility index (Phi) is 6.91. The Morgan fingerprint density at radius 1 is 1.16 bits per heavy atom. The Hall–Kier alpha value is -1.92. The van der Waals surface area contributed by atoms with Gasteiger partial charge in [0.1, 0.15) is 0 Å². The predicted octanol–water partition coefficient (Wildman–Crippen LogP) is 3.10. The third kappa shape index (κ3) is 4.44. The first-order chi connectivity index (χ1) is 15.3. The summed E-state index contributed by atoms with van der Waals surface area (Å²) < 4.78 is 5.39. The fourth-order valence-electron chi connectivity index (χ4n) is 6.59. The number of carbonyl (C=O) groups excluding carboxylic acids is 2. The van der Waals surface area contributed by atoms with Crippen molar-refractivity contribution < 1.29 is 19.4 Å². The van der Waals surface area contributed by atoms with Crippen LogP contribution in [0.5, 0.6) is 0 Å². The van der Waals surface area contributed by atoms with Crippen molar-refractivity contribution in [3.63, 3.8) is 0 Å². The Labute approximate surface area is 191 Å². The van der Waals surface area contributed by atoms with E-state index >= 15 is 0 Å². The largest absolute Gasteiger partial charge is 0.392 e. The summed E-state index contributed by atoms with van der Waals surface area (Å²) in [5, 5.41) is 14.8. The van der Waals surface area contributed by atoms with Crippen LogP contribution in [0, 0.1) is 29.1 Å². The number of carbonyl (C=O) groups is 2. The van der Waals surface area contributed by atoms with Crippen LogP contribution in [0.3, 0.4) is 0 Å². The number of benzene rings is 1. The van der Waals surface area contributed by atoms with E-state index in [1.54, 1.807) is 0 Å². The van der Waals surface area contributed by atoms with E-state index in [-0.39, 0.29) is 46.9 Å². The third-order valence-electron chi connectivity index (χ3n) is 8.59. The van der Waals surface area contributed by atoms with Gasteiger partial charge in [-0.25, -0.2) is 0 Å². The number of nitrogens with zero attached hydrogens (tertiary/aromatic N) is 1. The van der Waals surface area contributed by atoms with Gasteiger partial charge in [0, 0.05) is 30.6 Å². The van der Waals surface area contributed by atoms with Crippen molar-refractivity contribution in [3.05, 3.63) is 35.9 Å². The summed E-state index contributed by atoms with van der Waals surface area (Å²) in [6.07, 6.45) is 3.26. The van der Waals surface area contributed by atoms with Crippen molar-refractivity contribution in [1.29, 1.82) is 0 Å². The molecule has 1 aliphatic heterocycles. The maximum absolute atomic E-state index is 13.1. The first-order valence-corrected chi connectivity index (χ1v) is 12.2. The molecule has 2 N–H and O–H groups in total. The average Bonchev–Trinajstić information content (AvgIpc) is 2.81. The van der Waals surface area contributed by atoms with Crippen LogP contribution in [0.25, 0.3) is 0 Å². The lowest BCUT2D eigenvalue weighted by molar-refractivity contribution is -0.153. The molecule has 176 valence electrons. The summed E-state index contributed by atoms with van der Waals surface area (Å²) in [6, 6.07) is 9.34. The average molecular weight is 443 g/mol. The summed E-state index contributed by atoms with van der Waals surface area (Å²) >= 11 is 0. The van der Waals surface area contributed by atoms with Gasteiger partial charge >= 0.3 is 0 Å². The van der Waals surface area contributed by atoms with E-state index in [2.05, 4.69) is 19.2 Å². The van der Waals surface area contributed by atoms with E-state index in [0.717, 1.165) is 25.7 Å². The molecule has 1 heterocycles. The molecule has 1 aromatic carbocycles. The predicted molar refractivity (Wildman–Crippen MR) is 123 cm³/mol. The van der Waals surface area contributed by atoms with Crippen LogP contribution in [0.1, 0.15) is 56.8 Å². The topological polar surface area (TPSA) is 78.9 Å². The van der Waals surface area contributed by atoms with Gasteiger partial charge in [-0.1, -0.05) is 39.0 Å². The van der Waals surface area contributed by atoms with Crippen LogP contribution in [-0.2, 0) is 9.53 Å². The molecule has 1 saturated heterocycles. The van der Waals surface area contributed by atoms with E-state index < -0.39 is 6.10 Å². The van der Waals surface area contributed by atoms with Crippen LogP contribution >= 0.6 is 0 Å². The van der Waals surface area contributed by atoms with Gasteiger partial charge in [0.05, 0.1) is 19.3 Å². The normalized spacial score (nSPS) is 36.1. The summed E-state index contributed by atoms with van der Waals surface area (Å²) in [5.74, 6) is 0.0385. The molecule has 0 spiro atoms. The third-order valence-corrected chi connectivity index (χ3v) is 8.59. The van der Waals surface area contributed by atoms with Crippen molar-refractivity contribution in [2.75, 3.05) is 26.3 Å². The molecule has 6 heteroatoms. The second kappa shape index (κ2) is 9.52. The van der Waals surface area contributed by atoms with Crippen LogP contribution in [0.2, 0.25) is 0 Å². The van der Waals surface area contributed by atoms with Crippen LogP contribution < -0.4 is 5.32 Å². The lowest BCUT2D eigenvalue weighted by atomic mass is 9.51. The molecule has 3 fully saturated rings. The number of nitrogens with one attached hydrogen (secondary N) is 1. The second-order valence-electron chi connectivity index (χ2n) is 10.4. The van der Waals surface area contributed by atoms with E-state index in [9.17, 15) is 14.7 Å². The van der Waals surface area contributed by atoms with Crippen molar-refractivity contribution in [2.45, 2.75) is 58.6 Å². The van der Waals surface area contributed by atoms with Crippen molar-refractivity contribution >= 4 is 11.8 Å². The van der Waals surface area contributed by atoms with Gasteiger partial charge in [0.15, 0.2) is 0 Å². The highest BCUT2D eigenvalue weighted by Gasteiger charge is 2.54. The number of aliphatic hydroxyl groups excluding tert-OH is 1. The lowest BCUT2D eigenvalue weighted by Gasteiger charge is -2.56. The zero-order valence-corrected chi connectivity index (χ0v) is 19.6. The molecular weight excluding hydrogens is 404 g/mol. The van der Waals surface area contributed by atoms with Gasteiger partial charge in [-0.2, -0.15) is 0 Å². The van der Waals surface area contributed by atoms with Crippen molar-refractivity contribution in [1.82, 2.24) is 10.2 Å². The summed E-state index contributed by atoms with van der Waals surface area (Å²) in [5.41, 5.74) is 0.713. The Morgan fingerprint density at radius 2 is 1.81 bits per heavy atom. The number of amides is 2. The monoisotopic (exact) mass is 442 g/mol. The number of morpholine rings is 1. The van der Waals surface area contributed by atoms with Gasteiger partial charge < -0.3 is 20.1 Å². The maximum atomic E-state index is 13.1. The van der Waals surface area contributed by atoms with Crippen molar-refractivity contribution in [2.24, 2.45) is 29.1 Å². The van der Waals surface area contributed by atoms with Crippen LogP contribution in [-0.4, -0.2) is 60.3 Å². The number of hydrogen-bond acceptors (Lipinski definition) is 4. The fourth-order valence-corrected chi connectivity index (χ4v) is 6.59. The molecule has 0 bridgehead atoms. The standard InChI is InChI=1S/C26H38N2O4/c1-17(25(31)28-13-15-32-16-14-28)20-9-11-26(3)12-10-21(18(2)22(26)23(20)29)27-24(30)19-7-5-4-6-8-19/h4-8,17-18,20-23,29H,9-16H2,1-3H3,(H,27,30)/t17-,18-,20-,21-,22+,23-,26+/m0/s1. The number of rotatable bonds is 4. The minimum Gasteiger partial charge on any atom is -0.392 e. The lowest BCUT2D eigenvalue weighted by Crippen LogP contribution is -2.59. The highest BCUT2D eigenvalue weighted by atomic mass is 16.5. The second-order valence-corrected chi connectivity index (χ2v) is 10.4. The summed E-state index contributed by atoms with van der Waals surface area (Å²) in [4.78, 5) is 27.8. The smallest absolute Gasteiger partial charge is 0.251 e. The molecule has 3 aliphatic rings. The molecular formula is C26H38N2O4. The molecule has 2 saturated carbocycles. The SMILES string of the molecule is C[C@@H]1[C@@H]2[C@@H](O)[C@H]([C@H](C)C(=O)N3CCOCC3)CC[C@]2(C)CC[C@@H]1NC(=O)c1ccccc1. The molecule has 2 aliphatic carbocycles. The van der Waals surface area contributed by atoms with E-state index in [0.29, 0.717) is 31.9 Å². The van der Waals surface area contributed by atoms with Gasteiger partial charge in [-0.3, -0.25) is 9.59 Å². The summed E-state index contributed by atoms with van der Waals surface area (Å²) in [6.45, 7) is 8.89. The van der Waals surface area contributed by atoms with Gasteiger partial charge in [0.2, 0.25) is 5.91 Å². The van der Waals surface area contributed by atoms with Crippen molar-refractivity contribution in [3.8, 4) is 0 Å². The number of ether oxygens (including phenoxy) is 1. The van der Waals surface area contributed by atoms with E-state index in [1.807, 2.05) is 42.2 Å². The number of hydrogen-bond donors (Lipinski definition) is 2. The zero-order valence-electron chi connectivity index (χ0n) is 19.6. The highest BCUT2D eigenvalue weighted by molar-refractivity contribution is 5.94. The van der Waals surface area contributed by atoms with Crippen LogP contribution in [0.4, 0.5) is 0 Å². The zero-order chi connectivity index (χ0) is 22.9. The van der Waals surface area contributed by atoms with Crippen LogP contribution in [0.15, 0.2) is 30.3 Å². The van der Waals surface area contributed by atoms with Gasteiger partial charge in [0.25, 0.3) is 5.91 Å². The Balaban J connectivity index is 1.47. The molecule has 0 unspecified atom stereocenters. The first-order valence-electron chi connectivity index (χ1n) is 12.2. The molecule has 0 aromatic heterocycles. The molecule has 1 aromatic rings. The Bertz CT molecular complexity index is 809. The molecule has 32 heavy (non-hydrogen) atoms. The quantitative estimate of drug-likeness (QED) is 0.751. The maximum Gasteiger partial charge on any atom is 0.251 e. The molecule has 2 amide bonds. The minimum atomic E-state index is -0.542. The summed E-state index contributed by atoms with van der Waals surface area (Å²) in [7, 11) is 0. The number of aliphatic hydroxyl groups is 1.